The molecule has 1 fully saturated rings. The van der Waals surface area contributed by atoms with Crippen molar-refractivity contribution >= 4 is 17.2 Å². The van der Waals surface area contributed by atoms with Crippen molar-refractivity contribution in [3.8, 4) is 11.5 Å². The maximum atomic E-state index is 12.4. The zero-order chi connectivity index (χ0) is 14.2. The highest BCUT2D eigenvalue weighted by Crippen LogP contribution is 2.37. The summed E-state index contributed by atoms with van der Waals surface area (Å²) in [5.74, 6) is 2.14. The fourth-order valence-electron chi connectivity index (χ4n) is 2.95. The Kier molecular flexibility index (Phi) is 3.07. The molecule has 2 aliphatic rings. The predicted octanol–water partition coefficient (Wildman–Crippen LogP) is 3.11. The van der Waals surface area contributed by atoms with E-state index in [0.29, 0.717) is 12.7 Å². The number of carbonyl (C=O) groups is 1. The van der Waals surface area contributed by atoms with E-state index in [1.807, 2.05) is 33.9 Å². The van der Waals surface area contributed by atoms with E-state index in [4.69, 9.17) is 9.47 Å². The van der Waals surface area contributed by atoms with E-state index in [2.05, 4.69) is 6.07 Å². The van der Waals surface area contributed by atoms with Gasteiger partial charge in [-0.15, -0.1) is 0 Å². The lowest BCUT2D eigenvalue weighted by molar-refractivity contribution is 0.0791. The van der Waals surface area contributed by atoms with E-state index in [1.54, 1.807) is 11.3 Å². The van der Waals surface area contributed by atoms with Crippen molar-refractivity contribution in [2.24, 2.45) is 0 Å². The van der Waals surface area contributed by atoms with Crippen molar-refractivity contribution in [3.05, 3.63) is 46.2 Å². The molecule has 0 radical (unpaired) electrons. The lowest BCUT2D eigenvalue weighted by Crippen LogP contribution is -2.28. The van der Waals surface area contributed by atoms with Gasteiger partial charge in [-0.25, -0.2) is 0 Å². The summed E-state index contributed by atoms with van der Waals surface area (Å²) in [6.45, 7) is 1.88. The Hall–Kier alpha value is -2.01. The van der Waals surface area contributed by atoms with Crippen LogP contribution in [0.3, 0.4) is 0 Å². The van der Waals surface area contributed by atoms with Crippen LogP contribution in [0.25, 0.3) is 0 Å². The molecule has 1 aromatic heterocycles. The van der Waals surface area contributed by atoms with Gasteiger partial charge < -0.3 is 14.4 Å². The van der Waals surface area contributed by atoms with Gasteiger partial charge in [-0.2, -0.15) is 11.3 Å². The highest BCUT2D eigenvalue weighted by molar-refractivity contribution is 7.08. The molecular weight excluding hydrogens is 286 g/mol. The van der Waals surface area contributed by atoms with Crippen LogP contribution in [0.1, 0.15) is 28.3 Å². The minimum Gasteiger partial charge on any atom is -0.454 e. The molecule has 0 saturated carbocycles. The molecule has 1 atom stereocenters. The number of fused-ring (bicyclic) bond motifs is 1. The summed E-state index contributed by atoms with van der Waals surface area (Å²) in [5, 5.41) is 3.86. The monoisotopic (exact) mass is 301 g/mol. The van der Waals surface area contributed by atoms with Crippen LogP contribution in [-0.4, -0.2) is 30.7 Å². The van der Waals surface area contributed by atoms with Crippen molar-refractivity contribution in [1.82, 2.24) is 4.90 Å². The van der Waals surface area contributed by atoms with Gasteiger partial charge in [0.1, 0.15) is 0 Å². The number of thiophene rings is 1. The van der Waals surface area contributed by atoms with Gasteiger partial charge in [-0.3, -0.25) is 4.79 Å². The highest BCUT2D eigenvalue weighted by Gasteiger charge is 2.29. The van der Waals surface area contributed by atoms with E-state index >= 15 is 0 Å². The predicted molar refractivity (Wildman–Crippen MR) is 80.1 cm³/mol. The molecule has 2 aromatic rings. The van der Waals surface area contributed by atoms with Crippen LogP contribution >= 0.6 is 11.3 Å². The van der Waals surface area contributed by atoms with Crippen LogP contribution in [0.4, 0.5) is 0 Å². The fourth-order valence-corrected chi connectivity index (χ4v) is 3.58. The summed E-state index contributed by atoms with van der Waals surface area (Å²) in [6, 6.07) is 7.98. The first kappa shape index (κ1) is 12.7. The third kappa shape index (κ3) is 2.27. The van der Waals surface area contributed by atoms with E-state index in [1.165, 1.54) is 5.56 Å². The maximum Gasteiger partial charge on any atom is 0.254 e. The van der Waals surface area contributed by atoms with Gasteiger partial charge >= 0.3 is 0 Å². The standard InChI is InChI=1S/C16H15NO3S/c18-16(13-4-6-21-9-13)17-5-3-12(8-17)11-1-2-14-15(7-11)20-10-19-14/h1-2,4,6-7,9,12H,3,5,8,10H2/t12-/m1/s1. The molecule has 0 bridgehead atoms. The van der Waals surface area contributed by atoms with Crippen LogP contribution in [0, 0.1) is 0 Å². The zero-order valence-corrected chi connectivity index (χ0v) is 12.3. The Morgan fingerprint density at radius 3 is 3.00 bits per heavy atom. The van der Waals surface area contributed by atoms with Gasteiger partial charge in [-0.1, -0.05) is 6.07 Å². The summed E-state index contributed by atoms with van der Waals surface area (Å²) in [6.07, 6.45) is 0.996. The molecule has 0 spiro atoms. The first-order chi connectivity index (χ1) is 10.3. The van der Waals surface area contributed by atoms with Gasteiger partial charge in [0.15, 0.2) is 11.5 Å². The third-order valence-electron chi connectivity index (χ3n) is 4.11. The van der Waals surface area contributed by atoms with Crippen molar-refractivity contribution in [1.29, 1.82) is 0 Å². The van der Waals surface area contributed by atoms with E-state index in [0.717, 1.165) is 36.6 Å². The summed E-state index contributed by atoms with van der Waals surface area (Å²) < 4.78 is 10.8. The van der Waals surface area contributed by atoms with Gasteiger partial charge in [-0.05, 0) is 35.6 Å². The molecule has 3 heterocycles. The van der Waals surface area contributed by atoms with Crippen LogP contribution in [0.5, 0.6) is 11.5 Å². The van der Waals surface area contributed by atoms with Crippen molar-refractivity contribution in [2.45, 2.75) is 12.3 Å². The van der Waals surface area contributed by atoms with E-state index in [-0.39, 0.29) is 5.91 Å². The van der Waals surface area contributed by atoms with Crippen LogP contribution in [0.2, 0.25) is 0 Å². The Labute approximate surface area is 126 Å². The van der Waals surface area contributed by atoms with E-state index < -0.39 is 0 Å². The maximum absolute atomic E-state index is 12.4. The van der Waals surface area contributed by atoms with Crippen LogP contribution in [0.15, 0.2) is 35.0 Å². The Balaban J connectivity index is 1.50. The van der Waals surface area contributed by atoms with Crippen LogP contribution < -0.4 is 9.47 Å². The lowest BCUT2D eigenvalue weighted by atomic mass is 9.98. The third-order valence-corrected chi connectivity index (χ3v) is 4.79. The molecule has 4 nitrogen and oxygen atoms in total. The van der Waals surface area contributed by atoms with Crippen LogP contribution in [-0.2, 0) is 0 Å². The van der Waals surface area contributed by atoms with Crippen molar-refractivity contribution < 1.29 is 14.3 Å². The number of likely N-dealkylation sites (tertiary alicyclic amines) is 1. The number of hydrogen-bond donors (Lipinski definition) is 0. The number of rotatable bonds is 2. The van der Waals surface area contributed by atoms with Crippen molar-refractivity contribution in [3.63, 3.8) is 0 Å². The second-order valence-corrected chi connectivity index (χ2v) is 6.14. The number of ether oxygens (including phenoxy) is 2. The normalized spacial score (nSPS) is 20.0. The number of benzene rings is 1. The second-order valence-electron chi connectivity index (χ2n) is 5.36. The average Bonchev–Trinajstić information content (AvgIpc) is 3.25. The fraction of sp³-hybridized carbons (Fsp3) is 0.312. The topological polar surface area (TPSA) is 38.8 Å². The summed E-state index contributed by atoms with van der Waals surface area (Å²) >= 11 is 1.56. The molecule has 5 heteroatoms. The molecule has 0 N–H and O–H groups in total. The highest BCUT2D eigenvalue weighted by atomic mass is 32.1. The number of amides is 1. The van der Waals surface area contributed by atoms with Gasteiger partial charge in [0.25, 0.3) is 5.91 Å². The first-order valence-electron chi connectivity index (χ1n) is 7.02. The minimum atomic E-state index is 0.138. The summed E-state index contributed by atoms with van der Waals surface area (Å²) in [4.78, 5) is 14.3. The summed E-state index contributed by atoms with van der Waals surface area (Å²) in [7, 11) is 0. The Morgan fingerprint density at radius 2 is 2.14 bits per heavy atom. The molecule has 108 valence electrons. The SMILES string of the molecule is O=C(c1ccsc1)N1CC[C@@H](c2ccc3c(c2)OCO3)C1. The molecule has 1 amide bonds. The molecule has 1 saturated heterocycles. The minimum absolute atomic E-state index is 0.138. The molecule has 0 unspecified atom stereocenters. The summed E-state index contributed by atoms with van der Waals surface area (Å²) in [5.41, 5.74) is 2.02. The smallest absolute Gasteiger partial charge is 0.254 e. The molecule has 0 aliphatic carbocycles. The number of carbonyl (C=O) groups excluding carboxylic acids is 1. The number of hydrogen-bond acceptors (Lipinski definition) is 4. The largest absolute Gasteiger partial charge is 0.454 e. The lowest BCUT2D eigenvalue weighted by Gasteiger charge is -2.16. The second kappa shape index (κ2) is 5.07. The molecule has 1 aromatic carbocycles. The van der Waals surface area contributed by atoms with Crippen molar-refractivity contribution in [2.75, 3.05) is 19.9 Å². The van der Waals surface area contributed by atoms with Gasteiger partial charge in [0, 0.05) is 24.4 Å². The molecular formula is C16H15NO3S. The molecule has 2 aliphatic heterocycles. The quantitative estimate of drug-likeness (QED) is 0.855. The Bertz CT molecular complexity index is 668. The van der Waals surface area contributed by atoms with Gasteiger partial charge in [0.2, 0.25) is 6.79 Å². The Morgan fingerprint density at radius 1 is 1.24 bits per heavy atom. The molecule has 21 heavy (non-hydrogen) atoms. The van der Waals surface area contributed by atoms with E-state index in [9.17, 15) is 4.79 Å². The van der Waals surface area contributed by atoms with Gasteiger partial charge in [0.05, 0.1) is 5.56 Å². The zero-order valence-electron chi connectivity index (χ0n) is 11.5. The number of nitrogens with zero attached hydrogens (tertiary/aromatic N) is 1. The average molecular weight is 301 g/mol. The molecule has 4 rings (SSSR count). The first-order valence-corrected chi connectivity index (χ1v) is 7.96.